The first-order chi connectivity index (χ1) is 11.8. The largest absolute Gasteiger partial charge is 0.339 e. The van der Waals surface area contributed by atoms with Gasteiger partial charge in [-0.25, -0.2) is 0 Å². The van der Waals surface area contributed by atoms with Gasteiger partial charge >= 0.3 is 0 Å². The maximum absolute atomic E-state index is 11.9. The molecule has 1 amide bonds. The van der Waals surface area contributed by atoms with E-state index in [0.717, 1.165) is 50.4 Å². The summed E-state index contributed by atoms with van der Waals surface area (Å²) in [5.41, 5.74) is 0. The summed E-state index contributed by atoms with van der Waals surface area (Å²) in [5.74, 6) is 2.23. The van der Waals surface area contributed by atoms with Crippen LogP contribution in [0.5, 0.6) is 0 Å². The van der Waals surface area contributed by atoms with Gasteiger partial charge in [0, 0.05) is 32.6 Å². The van der Waals surface area contributed by atoms with Crippen molar-refractivity contribution in [2.45, 2.75) is 12.8 Å². The smallest absolute Gasteiger partial charge is 0.232 e. The summed E-state index contributed by atoms with van der Waals surface area (Å²) in [6.07, 6.45) is 3.75. The Hall–Kier alpha value is -1.38. The van der Waals surface area contributed by atoms with E-state index in [1.165, 1.54) is 0 Å². The highest BCUT2D eigenvalue weighted by Crippen LogP contribution is 2.21. The number of hydrogen-bond donors (Lipinski definition) is 0. The number of carbonyl (C=O) groups is 1. The van der Waals surface area contributed by atoms with Gasteiger partial charge in [-0.2, -0.15) is 16.7 Å². The lowest BCUT2D eigenvalue weighted by Crippen LogP contribution is -2.49. The van der Waals surface area contributed by atoms with Crippen LogP contribution in [0.15, 0.2) is 22.0 Å². The fourth-order valence-corrected chi connectivity index (χ4v) is 3.83. The van der Waals surface area contributed by atoms with E-state index >= 15 is 0 Å². The van der Waals surface area contributed by atoms with Crippen LogP contribution in [0, 0.1) is 0 Å². The number of rotatable bonds is 7. The van der Waals surface area contributed by atoms with Crippen molar-refractivity contribution in [1.29, 1.82) is 0 Å². The van der Waals surface area contributed by atoms with Gasteiger partial charge in [0.05, 0.1) is 10.6 Å². The summed E-state index contributed by atoms with van der Waals surface area (Å²) in [6, 6.07) is 3.98. The Morgan fingerprint density at radius 2 is 2.21 bits per heavy atom. The van der Waals surface area contributed by atoms with Crippen molar-refractivity contribution in [3.8, 4) is 10.7 Å². The Bertz CT molecular complexity index is 636. The minimum absolute atomic E-state index is 0.258. The molecule has 0 spiro atoms. The zero-order valence-electron chi connectivity index (χ0n) is 13.8. The molecule has 8 heteroatoms. The van der Waals surface area contributed by atoms with Crippen molar-refractivity contribution < 1.29 is 9.32 Å². The number of hydrogen-bond acceptors (Lipinski definition) is 7. The highest BCUT2D eigenvalue weighted by molar-refractivity contribution is 7.99. The van der Waals surface area contributed by atoms with Gasteiger partial charge in [-0.3, -0.25) is 9.69 Å². The van der Waals surface area contributed by atoms with Crippen LogP contribution >= 0.6 is 23.1 Å². The highest BCUT2D eigenvalue weighted by Gasteiger charge is 2.20. The molecule has 3 heterocycles. The van der Waals surface area contributed by atoms with E-state index in [4.69, 9.17) is 4.52 Å². The molecule has 0 saturated carbocycles. The van der Waals surface area contributed by atoms with E-state index in [1.807, 2.05) is 28.7 Å². The van der Waals surface area contributed by atoms with E-state index in [0.29, 0.717) is 17.5 Å². The Kier molecular flexibility index (Phi) is 6.28. The zero-order valence-corrected chi connectivity index (χ0v) is 15.4. The molecule has 130 valence electrons. The van der Waals surface area contributed by atoms with Crippen LogP contribution in [0.1, 0.15) is 12.3 Å². The fraction of sp³-hybridized carbons (Fsp3) is 0.562. The number of thiophene rings is 1. The van der Waals surface area contributed by atoms with Crippen LogP contribution in [0.3, 0.4) is 0 Å². The maximum atomic E-state index is 11.9. The van der Waals surface area contributed by atoms with Gasteiger partial charge in [0.25, 0.3) is 0 Å². The number of nitrogens with zero attached hydrogens (tertiary/aromatic N) is 4. The minimum atomic E-state index is 0.258. The molecule has 2 aromatic heterocycles. The Morgan fingerprint density at radius 3 is 2.92 bits per heavy atom. The third-order valence-electron chi connectivity index (χ3n) is 4.07. The van der Waals surface area contributed by atoms with Crippen molar-refractivity contribution in [3.05, 3.63) is 23.4 Å². The molecule has 0 atom stereocenters. The van der Waals surface area contributed by atoms with Crippen LogP contribution in [0.2, 0.25) is 0 Å². The fourth-order valence-electron chi connectivity index (χ4n) is 2.75. The molecule has 1 saturated heterocycles. The van der Waals surface area contributed by atoms with Crippen molar-refractivity contribution in [2.75, 3.05) is 44.7 Å². The average molecular weight is 367 g/mol. The number of piperazine rings is 1. The predicted molar refractivity (Wildman–Crippen MR) is 97.3 cm³/mol. The van der Waals surface area contributed by atoms with Gasteiger partial charge in [0.2, 0.25) is 17.6 Å². The van der Waals surface area contributed by atoms with Crippen LogP contribution in [0.4, 0.5) is 0 Å². The van der Waals surface area contributed by atoms with Gasteiger partial charge in [-0.05, 0) is 30.7 Å². The summed E-state index contributed by atoms with van der Waals surface area (Å²) in [5, 5.41) is 6.04. The van der Waals surface area contributed by atoms with E-state index in [-0.39, 0.29) is 5.91 Å². The third-order valence-corrected chi connectivity index (χ3v) is 5.47. The number of carbonyl (C=O) groups excluding carboxylic acids is 1. The third kappa shape index (κ3) is 4.58. The number of thioether (sulfide) groups is 1. The van der Waals surface area contributed by atoms with Gasteiger partial charge in [0.1, 0.15) is 0 Å². The average Bonchev–Trinajstić information content (AvgIpc) is 3.27. The molecule has 1 aliphatic rings. The quantitative estimate of drug-likeness (QED) is 0.749. The van der Waals surface area contributed by atoms with Crippen LogP contribution in [0.25, 0.3) is 10.7 Å². The second-order valence-electron chi connectivity index (χ2n) is 5.75. The maximum Gasteiger partial charge on any atom is 0.232 e. The van der Waals surface area contributed by atoms with E-state index in [2.05, 4.69) is 15.0 Å². The monoisotopic (exact) mass is 366 g/mol. The van der Waals surface area contributed by atoms with Crippen molar-refractivity contribution >= 4 is 29.0 Å². The van der Waals surface area contributed by atoms with E-state index in [9.17, 15) is 4.79 Å². The molecular formula is C16H22N4O2S2. The second kappa shape index (κ2) is 8.64. The lowest BCUT2D eigenvalue weighted by atomic mass is 10.2. The summed E-state index contributed by atoms with van der Waals surface area (Å²) in [6.45, 7) is 4.57. The second-order valence-corrected chi connectivity index (χ2v) is 7.56. The number of aryl methyl sites for hydroxylation is 1. The van der Waals surface area contributed by atoms with E-state index in [1.54, 1.807) is 23.1 Å². The van der Waals surface area contributed by atoms with Crippen LogP contribution < -0.4 is 0 Å². The summed E-state index contributed by atoms with van der Waals surface area (Å²) >= 11 is 3.20. The van der Waals surface area contributed by atoms with Gasteiger partial charge in [-0.1, -0.05) is 11.2 Å². The molecule has 0 aliphatic carbocycles. The zero-order chi connectivity index (χ0) is 16.8. The van der Waals surface area contributed by atoms with E-state index < -0.39 is 0 Å². The lowest BCUT2D eigenvalue weighted by molar-refractivity contribution is -0.130. The molecule has 24 heavy (non-hydrogen) atoms. The number of amides is 1. The molecule has 0 bridgehead atoms. The first kappa shape index (κ1) is 17.4. The van der Waals surface area contributed by atoms with Crippen molar-refractivity contribution in [3.63, 3.8) is 0 Å². The molecule has 0 N–H and O–H groups in total. The Labute approximate surface area is 150 Å². The summed E-state index contributed by atoms with van der Waals surface area (Å²) < 4.78 is 5.33. The topological polar surface area (TPSA) is 62.5 Å². The van der Waals surface area contributed by atoms with Gasteiger partial charge < -0.3 is 9.42 Å². The van der Waals surface area contributed by atoms with Crippen LogP contribution in [-0.2, 0) is 11.2 Å². The predicted octanol–water partition coefficient (Wildman–Crippen LogP) is 2.24. The molecule has 2 aromatic rings. The molecule has 6 nitrogen and oxygen atoms in total. The first-order valence-corrected chi connectivity index (χ1v) is 10.4. The normalized spacial score (nSPS) is 15.8. The minimum Gasteiger partial charge on any atom is -0.339 e. The molecule has 1 fully saturated rings. The van der Waals surface area contributed by atoms with Crippen LogP contribution in [-0.4, -0.2) is 70.6 Å². The van der Waals surface area contributed by atoms with Crippen molar-refractivity contribution in [1.82, 2.24) is 19.9 Å². The first-order valence-electron chi connectivity index (χ1n) is 8.12. The Balaban J connectivity index is 1.38. The molecule has 0 unspecified atom stereocenters. The molecule has 0 radical (unpaired) electrons. The highest BCUT2D eigenvalue weighted by atomic mass is 32.2. The lowest BCUT2D eigenvalue weighted by Gasteiger charge is -2.34. The SMILES string of the molecule is CSCC(=O)N1CCN(CCCc2nc(-c3cccs3)no2)CC1. The number of aromatic nitrogens is 2. The van der Waals surface area contributed by atoms with Gasteiger partial charge in [0.15, 0.2) is 0 Å². The summed E-state index contributed by atoms with van der Waals surface area (Å²) in [7, 11) is 0. The Morgan fingerprint density at radius 1 is 1.38 bits per heavy atom. The van der Waals surface area contributed by atoms with Gasteiger partial charge in [-0.15, -0.1) is 11.3 Å². The van der Waals surface area contributed by atoms with Crippen molar-refractivity contribution in [2.24, 2.45) is 0 Å². The standard InChI is InChI=1S/C16H22N4O2S2/c1-23-12-15(21)20-9-7-19(8-10-20)6-2-5-14-17-16(18-22-14)13-4-3-11-24-13/h3-4,11H,2,5-10,12H2,1H3. The molecule has 3 rings (SSSR count). The summed E-state index contributed by atoms with van der Waals surface area (Å²) in [4.78, 5) is 21.7. The molecular weight excluding hydrogens is 344 g/mol. The molecule has 1 aliphatic heterocycles. The molecule has 0 aromatic carbocycles.